The van der Waals surface area contributed by atoms with Crippen molar-refractivity contribution in [2.24, 2.45) is 0 Å². The maximum Gasteiger partial charge on any atom is 0.384 e. The highest BCUT2D eigenvalue weighted by Crippen LogP contribution is 2.24. The molecule has 0 atom stereocenters. The SMILES string of the molecule is O=C(ON1C(=O)c2ccccc2C1=O)c1nn(-c2ccccc2)c(=O)c2ccccc12. The molecule has 1 aliphatic rings. The maximum atomic E-state index is 13.0. The van der Waals surface area contributed by atoms with Gasteiger partial charge in [0.05, 0.1) is 22.2 Å². The molecule has 0 bridgehead atoms. The summed E-state index contributed by atoms with van der Waals surface area (Å²) in [5.41, 5.74) is 0.127. The highest BCUT2D eigenvalue weighted by molar-refractivity contribution is 6.21. The first-order chi connectivity index (χ1) is 15.1. The third-order valence-corrected chi connectivity index (χ3v) is 4.93. The Labute approximate surface area is 174 Å². The number of fused-ring (bicyclic) bond motifs is 2. The van der Waals surface area contributed by atoms with Crippen LogP contribution in [0.5, 0.6) is 0 Å². The lowest BCUT2D eigenvalue weighted by molar-refractivity contribution is -0.0588. The number of nitrogens with zero attached hydrogens (tertiary/aromatic N) is 3. The molecule has 8 nitrogen and oxygen atoms in total. The molecule has 0 spiro atoms. The first-order valence-corrected chi connectivity index (χ1v) is 9.34. The number of carbonyl (C=O) groups is 3. The molecule has 8 heteroatoms. The zero-order valence-corrected chi connectivity index (χ0v) is 15.9. The Balaban J connectivity index is 1.60. The van der Waals surface area contributed by atoms with Gasteiger partial charge in [0.1, 0.15) is 0 Å². The summed E-state index contributed by atoms with van der Waals surface area (Å²) in [5, 5.41) is 5.11. The zero-order chi connectivity index (χ0) is 21.5. The van der Waals surface area contributed by atoms with Crippen LogP contribution in [-0.4, -0.2) is 32.6 Å². The van der Waals surface area contributed by atoms with Gasteiger partial charge in [0.2, 0.25) is 0 Å². The van der Waals surface area contributed by atoms with Gasteiger partial charge in [0.25, 0.3) is 17.4 Å². The minimum Gasteiger partial charge on any atom is -0.322 e. The molecule has 0 radical (unpaired) electrons. The van der Waals surface area contributed by atoms with Gasteiger partial charge in [-0.05, 0) is 30.3 Å². The van der Waals surface area contributed by atoms with Crippen molar-refractivity contribution in [3.63, 3.8) is 0 Å². The molecule has 1 aliphatic heterocycles. The fraction of sp³-hybridized carbons (Fsp3) is 0. The number of aromatic nitrogens is 2. The highest BCUT2D eigenvalue weighted by atomic mass is 16.7. The minimum absolute atomic E-state index is 0.146. The van der Waals surface area contributed by atoms with Gasteiger partial charge in [0, 0.05) is 5.39 Å². The molecule has 0 N–H and O–H groups in total. The summed E-state index contributed by atoms with van der Waals surface area (Å²) in [7, 11) is 0. The molecule has 5 rings (SSSR count). The number of hydrogen-bond acceptors (Lipinski definition) is 6. The van der Waals surface area contributed by atoms with E-state index >= 15 is 0 Å². The number of imide groups is 1. The van der Waals surface area contributed by atoms with Crippen LogP contribution in [-0.2, 0) is 4.84 Å². The first-order valence-electron chi connectivity index (χ1n) is 9.34. The Morgan fingerprint density at radius 3 is 1.90 bits per heavy atom. The van der Waals surface area contributed by atoms with E-state index in [0.717, 1.165) is 4.68 Å². The van der Waals surface area contributed by atoms with Crippen LogP contribution in [0.25, 0.3) is 16.5 Å². The standard InChI is InChI=1S/C23H13N3O5/c27-20-16-11-5-4-10-15(16)19(24-25(20)14-8-2-1-3-9-14)23(30)31-26-21(28)17-12-6-7-13-18(17)22(26)29/h1-13H. The zero-order valence-electron chi connectivity index (χ0n) is 15.9. The largest absolute Gasteiger partial charge is 0.384 e. The summed E-state index contributed by atoms with van der Waals surface area (Å²) in [4.78, 5) is 56.2. The molecule has 2 amide bonds. The van der Waals surface area contributed by atoms with E-state index in [1.807, 2.05) is 0 Å². The van der Waals surface area contributed by atoms with E-state index in [2.05, 4.69) is 5.10 Å². The summed E-state index contributed by atoms with van der Waals surface area (Å²) < 4.78 is 1.08. The minimum atomic E-state index is -1.03. The van der Waals surface area contributed by atoms with Gasteiger partial charge in [-0.3, -0.25) is 14.4 Å². The number of para-hydroxylation sites is 1. The van der Waals surface area contributed by atoms with Crippen LogP contribution in [0.15, 0.2) is 83.7 Å². The summed E-state index contributed by atoms with van der Waals surface area (Å²) >= 11 is 0. The Morgan fingerprint density at radius 2 is 1.26 bits per heavy atom. The van der Waals surface area contributed by atoms with Gasteiger partial charge in [-0.2, -0.15) is 9.78 Å². The molecule has 0 unspecified atom stereocenters. The van der Waals surface area contributed by atoms with Crippen LogP contribution >= 0.6 is 0 Å². The Kier molecular flexibility index (Phi) is 4.18. The molecule has 0 saturated carbocycles. The third-order valence-electron chi connectivity index (χ3n) is 4.93. The lowest BCUT2D eigenvalue weighted by Crippen LogP contribution is -2.34. The van der Waals surface area contributed by atoms with Crippen LogP contribution in [0, 0.1) is 0 Å². The fourth-order valence-corrected chi connectivity index (χ4v) is 3.46. The maximum absolute atomic E-state index is 13.0. The molecule has 31 heavy (non-hydrogen) atoms. The Morgan fingerprint density at radius 1 is 0.710 bits per heavy atom. The number of hydrogen-bond donors (Lipinski definition) is 0. The van der Waals surface area contributed by atoms with Gasteiger partial charge >= 0.3 is 5.97 Å². The lowest BCUT2D eigenvalue weighted by atomic mass is 10.1. The van der Waals surface area contributed by atoms with Crippen molar-refractivity contribution in [1.82, 2.24) is 14.8 Å². The summed E-state index contributed by atoms with van der Waals surface area (Å²) in [6, 6.07) is 21.2. The Bertz CT molecular complexity index is 1410. The monoisotopic (exact) mass is 411 g/mol. The number of carbonyl (C=O) groups excluding carboxylic acids is 3. The van der Waals surface area contributed by atoms with Gasteiger partial charge in [-0.1, -0.05) is 53.6 Å². The van der Waals surface area contributed by atoms with E-state index in [4.69, 9.17) is 4.84 Å². The highest BCUT2D eigenvalue weighted by Gasteiger charge is 2.39. The molecule has 4 aromatic rings. The predicted molar refractivity (Wildman–Crippen MR) is 110 cm³/mol. The number of hydroxylamine groups is 2. The van der Waals surface area contributed by atoms with Crippen molar-refractivity contribution >= 4 is 28.6 Å². The quantitative estimate of drug-likeness (QED) is 0.481. The number of rotatable bonds is 3. The second kappa shape index (κ2) is 7.03. The van der Waals surface area contributed by atoms with Crippen LogP contribution in [0.1, 0.15) is 31.2 Å². The normalized spacial score (nSPS) is 12.8. The van der Waals surface area contributed by atoms with Crippen LogP contribution in [0.3, 0.4) is 0 Å². The van der Waals surface area contributed by atoms with Crippen molar-refractivity contribution in [1.29, 1.82) is 0 Å². The molecule has 0 fully saturated rings. The second-order valence-corrected chi connectivity index (χ2v) is 6.78. The topological polar surface area (TPSA) is 98.6 Å². The van der Waals surface area contributed by atoms with Gasteiger partial charge in [-0.15, -0.1) is 0 Å². The van der Waals surface area contributed by atoms with Crippen molar-refractivity contribution < 1.29 is 19.2 Å². The van der Waals surface area contributed by atoms with Gasteiger partial charge in [-0.25, -0.2) is 4.79 Å². The number of benzene rings is 3. The van der Waals surface area contributed by atoms with Crippen LogP contribution < -0.4 is 5.56 Å². The molecule has 3 aromatic carbocycles. The molecular weight excluding hydrogens is 398 g/mol. The van der Waals surface area contributed by atoms with Crippen molar-refractivity contribution in [2.45, 2.75) is 0 Å². The molecule has 150 valence electrons. The summed E-state index contributed by atoms with van der Waals surface area (Å²) in [6.07, 6.45) is 0. The number of amides is 2. The van der Waals surface area contributed by atoms with E-state index in [1.165, 1.54) is 12.1 Å². The molecule has 0 aliphatic carbocycles. The molecule has 0 saturated heterocycles. The van der Waals surface area contributed by atoms with E-state index in [-0.39, 0.29) is 27.6 Å². The van der Waals surface area contributed by atoms with E-state index in [9.17, 15) is 19.2 Å². The predicted octanol–water partition coefficient (Wildman–Crippen LogP) is 2.75. The van der Waals surface area contributed by atoms with E-state index < -0.39 is 23.3 Å². The average molecular weight is 411 g/mol. The lowest BCUT2D eigenvalue weighted by Gasteiger charge is -2.14. The summed E-state index contributed by atoms with van der Waals surface area (Å²) in [5.74, 6) is -2.51. The molecule has 2 heterocycles. The second-order valence-electron chi connectivity index (χ2n) is 6.78. The van der Waals surface area contributed by atoms with Crippen molar-refractivity contribution in [3.05, 3.63) is 106 Å². The van der Waals surface area contributed by atoms with Crippen LogP contribution in [0.4, 0.5) is 0 Å². The third kappa shape index (κ3) is 2.89. The fourth-order valence-electron chi connectivity index (χ4n) is 3.46. The van der Waals surface area contributed by atoms with E-state index in [0.29, 0.717) is 10.8 Å². The van der Waals surface area contributed by atoms with E-state index in [1.54, 1.807) is 66.7 Å². The van der Waals surface area contributed by atoms with Crippen molar-refractivity contribution in [3.8, 4) is 5.69 Å². The molecule has 1 aromatic heterocycles. The average Bonchev–Trinajstić information content (AvgIpc) is 3.05. The van der Waals surface area contributed by atoms with Gasteiger partial charge < -0.3 is 4.84 Å². The smallest absolute Gasteiger partial charge is 0.322 e. The van der Waals surface area contributed by atoms with Crippen LogP contribution in [0.2, 0.25) is 0 Å². The Hall–Kier alpha value is -4.59. The molecular formula is C23H13N3O5. The van der Waals surface area contributed by atoms with Crippen molar-refractivity contribution in [2.75, 3.05) is 0 Å². The van der Waals surface area contributed by atoms with Gasteiger partial charge in [0.15, 0.2) is 5.69 Å². The summed E-state index contributed by atoms with van der Waals surface area (Å²) in [6.45, 7) is 0. The first kappa shape index (κ1) is 18.4.